The molecule has 3 rings (SSSR count). The molecule has 0 spiro atoms. The molecule has 0 bridgehead atoms. The number of hydrogen-bond acceptors (Lipinski definition) is 5. The van der Waals surface area contributed by atoms with Gasteiger partial charge in [-0.05, 0) is 47.7 Å². The van der Waals surface area contributed by atoms with Crippen LogP contribution in [-0.4, -0.2) is 35.5 Å². The Hall–Kier alpha value is -3.20. The summed E-state index contributed by atoms with van der Waals surface area (Å²) in [6.45, 7) is -0.223. The van der Waals surface area contributed by atoms with E-state index in [4.69, 9.17) is 10.5 Å². The van der Waals surface area contributed by atoms with Crippen LogP contribution in [0.1, 0.15) is 5.56 Å². The van der Waals surface area contributed by atoms with Crippen LogP contribution in [0.15, 0.2) is 52.4 Å². The van der Waals surface area contributed by atoms with Crippen molar-refractivity contribution < 1.29 is 23.1 Å². The molecule has 2 amide bonds. The van der Waals surface area contributed by atoms with Crippen molar-refractivity contribution in [3.8, 4) is 5.75 Å². The summed E-state index contributed by atoms with van der Waals surface area (Å²) in [7, 11) is 1.53. The normalized spacial score (nSPS) is 16.8. The highest BCUT2D eigenvalue weighted by Gasteiger charge is 2.30. The zero-order chi connectivity index (χ0) is 20.3. The van der Waals surface area contributed by atoms with Gasteiger partial charge >= 0.3 is 0 Å². The van der Waals surface area contributed by atoms with E-state index in [0.29, 0.717) is 10.7 Å². The molecule has 0 aromatic heterocycles. The molecule has 28 heavy (non-hydrogen) atoms. The highest BCUT2D eigenvalue weighted by Crippen LogP contribution is 2.34. The van der Waals surface area contributed by atoms with E-state index in [1.807, 2.05) is 0 Å². The van der Waals surface area contributed by atoms with Gasteiger partial charge in [-0.3, -0.25) is 14.5 Å². The molecule has 1 fully saturated rings. The third kappa shape index (κ3) is 4.55. The Morgan fingerprint density at radius 3 is 2.61 bits per heavy atom. The van der Waals surface area contributed by atoms with Gasteiger partial charge in [0.1, 0.15) is 17.3 Å². The summed E-state index contributed by atoms with van der Waals surface area (Å²) in [5, 5.41) is 0.281. The number of amides is 2. The predicted molar refractivity (Wildman–Crippen MR) is 103 cm³/mol. The average Bonchev–Trinajstić information content (AvgIpc) is 2.91. The summed E-state index contributed by atoms with van der Waals surface area (Å²) in [5.41, 5.74) is 5.69. The molecule has 0 unspecified atom stereocenters. The summed E-state index contributed by atoms with van der Waals surface area (Å²) < 4.78 is 32.0. The number of carbonyl (C=O) groups is 2. The largest absolute Gasteiger partial charge is 0.484 e. The van der Waals surface area contributed by atoms with Crippen LogP contribution in [0.25, 0.3) is 6.08 Å². The van der Waals surface area contributed by atoms with E-state index >= 15 is 0 Å². The fourth-order valence-corrected chi connectivity index (χ4v) is 3.27. The smallest absolute Gasteiger partial charge is 0.266 e. The molecule has 6 nitrogen and oxygen atoms in total. The fraction of sp³-hybridized carbons (Fsp3) is 0.105. The number of ether oxygens (including phenoxy) is 1. The lowest BCUT2D eigenvalue weighted by Crippen LogP contribution is -2.23. The number of rotatable bonds is 5. The minimum atomic E-state index is -0.807. The Kier molecular flexibility index (Phi) is 5.74. The van der Waals surface area contributed by atoms with Crippen LogP contribution in [0, 0.1) is 11.6 Å². The molecule has 0 saturated carbocycles. The molecule has 2 aromatic rings. The minimum absolute atomic E-state index is 0.0549. The zero-order valence-electron chi connectivity index (χ0n) is 14.7. The second-order valence-corrected chi connectivity index (χ2v) is 6.80. The second kappa shape index (κ2) is 8.22. The first-order chi connectivity index (χ1) is 13.3. The number of primary amides is 1. The van der Waals surface area contributed by atoms with Crippen LogP contribution in [0.2, 0.25) is 0 Å². The maximum absolute atomic E-state index is 13.8. The Labute approximate surface area is 163 Å². The average molecular weight is 403 g/mol. The molecule has 1 aliphatic heterocycles. The van der Waals surface area contributed by atoms with Crippen molar-refractivity contribution in [1.82, 2.24) is 4.90 Å². The number of benzene rings is 2. The van der Waals surface area contributed by atoms with Gasteiger partial charge in [0.2, 0.25) is 0 Å². The Morgan fingerprint density at radius 1 is 1.25 bits per heavy atom. The van der Waals surface area contributed by atoms with E-state index in [0.717, 1.165) is 29.5 Å². The number of hydrogen-bond donors (Lipinski definition) is 1. The minimum Gasteiger partial charge on any atom is -0.484 e. The van der Waals surface area contributed by atoms with Crippen LogP contribution in [-0.2, 0) is 9.59 Å². The predicted octanol–water partition coefficient (Wildman–Crippen LogP) is 3.06. The molecule has 0 radical (unpaired) electrons. The topological polar surface area (TPSA) is 85.0 Å². The Balaban J connectivity index is 1.79. The molecule has 2 N–H and O–H groups in total. The van der Waals surface area contributed by atoms with Crippen molar-refractivity contribution >= 4 is 40.5 Å². The molecule has 1 saturated heterocycles. The summed E-state index contributed by atoms with van der Waals surface area (Å²) in [4.78, 5) is 29.0. The first-order valence-corrected chi connectivity index (χ1v) is 8.87. The molecular weight excluding hydrogens is 388 g/mol. The van der Waals surface area contributed by atoms with E-state index in [1.54, 1.807) is 30.3 Å². The van der Waals surface area contributed by atoms with Gasteiger partial charge in [-0.1, -0.05) is 12.1 Å². The van der Waals surface area contributed by atoms with Crippen molar-refractivity contribution in [3.05, 3.63) is 64.6 Å². The van der Waals surface area contributed by atoms with Crippen molar-refractivity contribution in [2.24, 2.45) is 10.7 Å². The number of amidine groups is 1. The molecular formula is C19H15F2N3O3S. The van der Waals surface area contributed by atoms with E-state index < -0.39 is 17.5 Å². The van der Waals surface area contributed by atoms with Gasteiger partial charge in [0, 0.05) is 13.1 Å². The van der Waals surface area contributed by atoms with Crippen molar-refractivity contribution in [2.45, 2.75) is 0 Å². The lowest BCUT2D eigenvalue weighted by Gasteiger charge is -2.07. The van der Waals surface area contributed by atoms with Gasteiger partial charge in [-0.15, -0.1) is 0 Å². The summed E-state index contributed by atoms with van der Waals surface area (Å²) in [5.74, 6) is -1.91. The number of halogens is 2. The Bertz CT molecular complexity index is 990. The third-order valence-electron chi connectivity index (χ3n) is 3.69. The second-order valence-electron chi connectivity index (χ2n) is 5.79. The molecule has 1 aliphatic rings. The molecule has 9 heteroatoms. The monoisotopic (exact) mass is 403 g/mol. The van der Waals surface area contributed by atoms with Gasteiger partial charge in [0.05, 0.1) is 4.91 Å². The number of aliphatic imine (C=N–C) groups is 1. The number of likely N-dealkylation sites (N-methyl/N-ethyl adjacent to an activating group) is 1. The summed E-state index contributed by atoms with van der Waals surface area (Å²) in [6.07, 6.45) is 1.66. The SMILES string of the molecule is CN1C(=O)/C(=C/c2ccc(OCC(N)=O)cc2)SC1=Nc1ccc(F)cc1F. The molecule has 0 aliphatic carbocycles. The van der Waals surface area contributed by atoms with Crippen LogP contribution < -0.4 is 10.5 Å². The fourth-order valence-electron chi connectivity index (χ4n) is 2.29. The van der Waals surface area contributed by atoms with Crippen molar-refractivity contribution in [1.29, 1.82) is 0 Å². The van der Waals surface area contributed by atoms with E-state index in [9.17, 15) is 18.4 Å². The molecule has 144 valence electrons. The number of nitrogens with zero attached hydrogens (tertiary/aromatic N) is 2. The lowest BCUT2D eigenvalue weighted by atomic mass is 10.2. The summed E-state index contributed by atoms with van der Waals surface area (Å²) in [6, 6.07) is 9.76. The van der Waals surface area contributed by atoms with E-state index in [2.05, 4.69) is 4.99 Å². The first-order valence-electron chi connectivity index (χ1n) is 8.06. The van der Waals surface area contributed by atoms with Gasteiger partial charge in [-0.25, -0.2) is 13.8 Å². The van der Waals surface area contributed by atoms with Gasteiger partial charge < -0.3 is 10.5 Å². The molecule has 1 heterocycles. The lowest BCUT2D eigenvalue weighted by molar-refractivity contribution is -0.121. The van der Waals surface area contributed by atoms with E-state index in [1.165, 1.54) is 18.0 Å². The molecule has 2 aromatic carbocycles. The molecule has 0 atom stereocenters. The highest BCUT2D eigenvalue weighted by atomic mass is 32.2. The van der Waals surface area contributed by atoms with Crippen LogP contribution in [0.3, 0.4) is 0 Å². The standard InChI is InChI=1S/C19H15F2N3O3S/c1-24-18(26)16(8-11-2-5-13(6-3-11)27-10-17(22)25)28-19(24)23-15-7-4-12(20)9-14(15)21/h2-9H,10H2,1H3,(H2,22,25)/b16-8-,23-19?. The zero-order valence-corrected chi connectivity index (χ0v) is 15.5. The van der Waals surface area contributed by atoms with Crippen LogP contribution >= 0.6 is 11.8 Å². The van der Waals surface area contributed by atoms with Crippen molar-refractivity contribution in [3.63, 3.8) is 0 Å². The highest BCUT2D eigenvalue weighted by molar-refractivity contribution is 8.18. The number of carbonyl (C=O) groups excluding carboxylic acids is 2. The van der Waals surface area contributed by atoms with Crippen molar-refractivity contribution in [2.75, 3.05) is 13.7 Å². The number of nitrogens with two attached hydrogens (primary N) is 1. The summed E-state index contributed by atoms with van der Waals surface area (Å²) >= 11 is 1.08. The van der Waals surface area contributed by atoms with Gasteiger partial charge in [0.15, 0.2) is 17.6 Å². The Morgan fingerprint density at radius 2 is 1.96 bits per heavy atom. The number of thioether (sulfide) groups is 1. The third-order valence-corrected chi connectivity index (χ3v) is 4.75. The van der Waals surface area contributed by atoms with Crippen LogP contribution in [0.4, 0.5) is 14.5 Å². The van der Waals surface area contributed by atoms with E-state index in [-0.39, 0.29) is 23.4 Å². The van der Waals surface area contributed by atoms with Crippen LogP contribution in [0.5, 0.6) is 5.75 Å². The maximum Gasteiger partial charge on any atom is 0.266 e. The maximum atomic E-state index is 13.8. The first kappa shape index (κ1) is 19.6. The van der Waals surface area contributed by atoms with Gasteiger partial charge in [0.25, 0.3) is 11.8 Å². The quantitative estimate of drug-likeness (QED) is 0.778. The van der Waals surface area contributed by atoms with Gasteiger partial charge in [-0.2, -0.15) is 0 Å².